The highest BCUT2D eigenvalue weighted by atomic mass is 16.5. The van der Waals surface area contributed by atoms with Crippen molar-refractivity contribution < 1.29 is 19.4 Å². The molecule has 1 atom stereocenters. The van der Waals surface area contributed by atoms with Gasteiger partial charge < -0.3 is 15.2 Å². The van der Waals surface area contributed by atoms with Gasteiger partial charge in [-0.1, -0.05) is 13.8 Å². The van der Waals surface area contributed by atoms with Crippen LogP contribution in [0.4, 0.5) is 0 Å². The second-order valence-electron chi connectivity index (χ2n) is 3.15. The fraction of sp³-hybridized carbons (Fsp3) is 0.778. The molecule has 2 N–H and O–H groups in total. The van der Waals surface area contributed by atoms with Gasteiger partial charge in [0.15, 0.2) is 6.04 Å². The maximum absolute atomic E-state index is 11.2. The normalized spacial score (nSPS) is 12.4. The van der Waals surface area contributed by atoms with Crippen molar-refractivity contribution in [3.05, 3.63) is 0 Å². The van der Waals surface area contributed by atoms with Crippen molar-refractivity contribution in [3.8, 4) is 0 Å². The first-order valence-electron chi connectivity index (χ1n) is 4.60. The molecule has 0 aromatic rings. The van der Waals surface area contributed by atoms with Gasteiger partial charge in [0.1, 0.15) is 0 Å². The Bertz CT molecular complexity index is 203. The quantitative estimate of drug-likeness (QED) is 0.601. The number of ether oxygens (including phenoxy) is 1. The fourth-order valence-corrected chi connectivity index (χ4v) is 0.760. The number of rotatable bonds is 5. The van der Waals surface area contributed by atoms with Crippen LogP contribution in [-0.2, 0) is 14.3 Å². The second kappa shape index (κ2) is 6.37. The SMILES string of the molecule is CCOC(=O)[C@H](CO)NC(=O)C(C)C. The Labute approximate surface area is 83.4 Å². The van der Waals surface area contributed by atoms with Crippen molar-refractivity contribution >= 4 is 11.9 Å². The molecule has 14 heavy (non-hydrogen) atoms. The fourth-order valence-electron chi connectivity index (χ4n) is 0.760. The third kappa shape index (κ3) is 4.23. The first-order valence-corrected chi connectivity index (χ1v) is 4.60. The Morgan fingerprint density at radius 3 is 2.36 bits per heavy atom. The van der Waals surface area contributed by atoms with Crippen LogP contribution in [0, 0.1) is 5.92 Å². The molecule has 0 aliphatic carbocycles. The predicted molar refractivity (Wildman–Crippen MR) is 50.5 cm³/mol. The molecule has 0 saturated heterocycles. The Kier molecular flexibility index (Phi) is 5.87. The summed E-state index contributed by atoms with van der Waals surface area (Å²) in [6.07, 6.45) is 0. The minimum atomic E-state index is -0.954. The molecule has 0 fully saturated rings. The van der Waals surface area contributed by atoms with Crippen molar-refractivity contribution in [2.75, 3.05) is 13.2 Å². The smallest absolute Gasteiger partial charge is 0.331 e. The minimum Gasteiger partial charge on any atom is -0.464 e. The summed E-state index contributed by atoms with van der Waals surface area (Å²) in [5.41, 5.74) is 0. The average molecular weight is 203 g/mol. The Morgan fingerprint density at radius 1 is 1.43 bits per heavy atom. The lowest BCUT2D eigenvalue weighted by atomic mass is 10.2. The summed E-state index contributed by atoms with van der Waals surface area (Å²) in [4.78, 5) is 22.3. The van der Waals surface area contributed by atoms with Crippen LogP contribution in [0.15, 0.2) is 0 Å². The number of esters is 1. The van der Waals surface area contributed by atoms with E-state index in [1.807, 2.05) is 0 Å². The largest absolute Gasteiger partial charge is 0.464 e. The number of hydrogen-bond acceptors (Lipinski definition) is 4. The molecule has 0 saturated carbocycles. The molecular formula is C9H17NO4. The van der Waals surface area contributed by atoms with Crippen LogP contribution >= 0.6 is 0 Å². The number of hydrogen-bond donors (Lipinski definition) is 2. The molecule has 0 unspecified atom stereocenters. The van der Waals surface area contributed by atoms with Gasteiger partial charge in [0, 0.05) is 5.92 Å². The zero-order valence-electron chi connectivity index (χ0n) is 8.74. The zero-order valence-corrected chi connectivity index (χ0v) is 8.74. The molecule has 5 nitrogen and oxygen atoms in total. The summed E-state index contributed by atoms with van der Waals surface area (Å²) in [6.45, 7) is 4.85. The number of aliphatic hydroxyl groups is 1. The molecule has 0 heterocycles. The van der Waals surface area contributed by atoms with Crippen LogP contribution in [-0.4, -0.2) is 36.2 Å². The highest BCUT2D eigenvalue weighted by Crippen LogP contribution is 1.95. The van der Waals surface area contributed by atoms with Crippen LogP contribution in [0.25, 0.3) is 0 Å². The Balaban J connectivity index is 4.15. The zero-order chi connectivity index (χ0) is 11.1. The van der Waals surface area contributed by atoms with Gasteiger partial charge >= 0.3 is 5.97 Å². The van der Waals surface area contributed by atoms with E-state index in [2.05, 4.69) is 10.1 Å². The summed E-state index contributed by atoms with van der Waals surface area (Å²) >= 11 is 0. The minimum absolute atomic E-state index is 0.224. The van der Waals surface area contributed by atoms with Gasteiger partial charge in [0.05, 0.1) is 13.2 Å². The van der Waals surface area contributed by atoms with Crippen molar-refractivity contribution in [2.24, 2.45) is 5.92 Å². The summed E-state index contributed by atoms with van der Waals surface area (Å²) in [7, 11) is 0. The number of amides is 1. The van der Waals surface area contributed by atoms with Crippen LogP contribution in [0.3, 0.4) is 0 Å². The van der Waals surface area contributed by atoms with Crippen molar-refractivity contribution in [2.45, 2.75) is 26.8 Å². The monoisotopic (exact) mass is 203 g/mol. The second-order valence-corrected chi connectivity index (χ2v) is 3.15. The first-order chi connectivity index (χ1) is 6.52. The number of nitrogens with one attached hydrogen (secondary N) is 1. The molecule has 0 aliphatic rings. The summed E-state index contributed by atoms with van der Waals surface area (Å²) in [5, 5.41) is 11.2. The van der Waals surface area contributed by atoms with Gasteiger partial charge in [-0.15, -0.1) is 0 Å². The summed E-state index contributed by atoms with van der Waals surface area (Å²) in [5.74, 6) is -1.11. The van der Waals surface area contributed by atoms with Crippen LogP contribution < -0.4 is 5.32 Å². The molecule has 5 heteroatoms. The highest BCUT2D eigenvalue weighted by molar-refractivity contribution is 5.85. The molecule has 0 aromatic heterocycles. The molecule has 0 bridgehead atoms. The van der Waals surface area contributed by atoms with E-state index < -0.39 is 18.6 Å². The van der Waals surface area contributed by atoms with E-state index >= 15 is 0 Å². The molecule has 0 spiro atoms. The van der Waals surface area contributed by atoms with E-state index in [1.54, 1.807) is 20.8 Å². The number of carbonyl (C=O) groups is 2. The highest BCUT2D eigenvalue weighted by Gasteiger charge is 2.21. The molecule has 1 amide bonds. The van der Waals surface area contributed by atoms with Gasteiger partial charge in [-0.25, -0.2) is 4.79 Å². The van der Waals surface area contributed by atoms with Gasteiger partial charge in [0.2, 0.25) is 5.91 Å². The van der Waals surface area contributed by atoms with Gasteiger partial charge in [0.25, 0.3) is 0 Å². The average Bonchev–Trinajstić information content (AvgIpc) is 2.13. The van der Waals surface area contributed by atoms with E-state index in [4.69, 9.17) is 5.11 Å². The predicted octanol–water partition coefficient (Wildman–Crippen LogP) is -0.317. The Morgan fingerprint density at radius 2 is 2.00 bits per heavy atom. The maximum atomic E-state index is 11.2. The van der Waals surface area contributed by atoms with Gasteiger partial charge in [-0.05, 0) is 6.92 Å². The van der Waals surface area contributed by atoms with E-state index in [0.29, 0.717) is 0 Å². The summed E-state index contributed by atoms with van der Waals surface area (Å²) < 4.78 is 4.66. The number of aliphatic hydroxyl groups excluding tert-OH is 1. The third-order valence-corrected chi connectivity index (χ3v) is 1.59. The van der Waals surface area contributed by atoms with Gasteiger partial charge in [-0.3, -0.25) is 4.79 Å². The number of carbonyl (C=O) groups excluding carboxylic acids is 2. The van der Waals surface area contributed by atoms with Crippen molar-refractivity contribution in [1.82, 2.24) is 5.32 Å². The standard InChI is InChI=1S/C9H17NO4/c1-4-14-9(13)7(5-11)10-8(12)6(2)3/h6-7,11H,4-5H2,1-3H3,(H,10,12)/t7-/m0/s1. The van der Waals surface area contributed by atoms with E-state index in [-0.39, 0.29) is 18.4 Å². The van der Waals surface area contributed by atoms with Crippen molar-refractivity contribution in [1.29, 1.82) is 0 Å². The lowest BCUT2D eigenvalue weighted by Crippen LogP contribution is -2.45. The lowest BCUT2D eigenvalue weighted by molar-refractivity contribution is -0.148. The molecular weight excluding hydrogens is 186 g/mol. The topological polar surface area (TPSA) is 75.6 Å². The van der Waals surface area contributed by atoms with Crippen LogP contribution in [0.5, 0.6) is 0 Å². The van der Waals surface area contributed by atoms with E-state index in [0.717, 1.165) is 0 Å². The van der Waals surface area contributed by atoms with Gasteiger partial charge in [-0.2, -0.15) is 0 Å². The van der Waals surface area contributed by atoms with Crippen LogP contribution in [0.1, 0.15) is 20.8 Å². The van der Waals surface area contributed by atoms with E-state index in [1.165, 1.54) is 0 Å². The molecule has 82 valence electrons. The molecule has 0 aromatic carbocycles. The van der Waals surface area contributed by atoms with Crippen molar-refractivity contribution in [3.63, 3.8) is 0 Å². The maximum Gasteiger partial charge on any atom is 0.331 e. The third-order valence-electron chi connectivity index (χ3n) is 1.59. The van der Waals surface area contributed by atoms with Crippen LogP contribution in [0.2, 0.25) is 0 Å². The molecule has 0 radical (unpaired) electrons. The Hall–Kier alpha value is -1.10. The molecule has 0 aliphatic heterocycles. The lowest BCUT2D eigenvalue weighted by Gasteiger charge is -2.15. The molecule has 0 rings (SSSR count). The summed E-state index contributed by atoms with van der Waals surface area (Å²) in [6, 6.07) is -0.954. The van der Waals surface area contributed by atoms with E-state index in [9.17, 15) is 9.59 Å². The first kappa shape index (κ1) is 12.9.